The van der Waals surface area contributed by atoms with Crippen LogP contribution in [0.5, 0.6) is 0 Å². The van der Waals surface area contributed by atoms with Gasteiger partial charge in [0, 0.05) is 63.2 Å². The number of allylic oxidation sites excluding steroid dienone is 1. The number of hydrogen-bond acceptors (Lipinski definition) is 2. The normalized spacial score (nSPS) is 7.67. The predicted molar refractivity (Wildman–Crippen MR) is 30.4 cm³/mol. The SMILES string of the molecule is [W].[W].[W].[W]=[CH]/C=C\c1[c-]ocn1. The molecule has 6 heteroatoms. The van der Waals surface area contributed by atoms with Gasteiger partial charge in [-0.05, 0) is 0 Å². The molecule has 1 aromatic rings. The fourth-order valence-electron chi connectivity index (χ4n) is 0.404. The fraction of sp³-hybridized carbons (Fsp3) is 0. The van der Waals surface area contributed by atoms with Crippen molar-refractivity contribution in [1.82, 2.24) is 4.98 Å². The second kappa shape index (κ2) is 12.6. The fourth-order valence-corrected chi connectivity index (χ4v) is 0.686. The summed E-state index contributed by atoms with van der Waals surface area (Å²) < 4.78 is 6.62. The van der Waals surface area contributed by atoms with Crippen molar-refractivity contribution in [3.05, 3.63) is 24.4 Å². The molecular formula is C6H4NOW4-. The summed E-state index contributed by atoms with van der Waals surface area (Å²) in [4.78, 5) is 3.83. The number of oxazole rings is 1. The third-order valence-corrected chi connectivity index (χ3v) is 1.31. The van der Waals surface area contributed by atoms with E-state index >= 15 is 0 Å². The second-order valence-electron chi connectivity index (χ2n) is 1.33. The van der Waals surface area contributed by atoms with Gasteiger partial charge in [-0.15, -0.1) is 0 Å². The number of nitrogens with zero attached hydrogens (tertiary/aromatic N) is 1. The minimum atomic E-state index is 0. The van der Waals surface area contributed by atoms with E-state index in [-0.39, 0.29) is 63.2 Å². The number of rotatable bonds is 2. The van der Waals surface area contributed by atoms with E-state index in [1.54, 1.807) is 0 Å². The van der Waals surface area contributed by atoms with Crippen molar-refractivity contribution in [2.24, 2.45) is 0 Å². The summed E-state index contributed by atoms with van der Waals surface area (Å²) in [6.07, 6.45) is 7.72. The van der Waals surface area contributed by atoms with E-state index in [1.807, 2.05) is 16.6 Å². The molecule has 0 aliphatic heterocycles. The molecule has 64 valence electrons. The molecule has 2 nitrogen and oxygen atoms in total. The Morgan fingerprint density at radius 3 is 2.50 bits per heavy atom. The zero-order valence-corrected chi connectivity index (χ0v) is 17.5. The van der Waals surface area contributed by atoms with Crippen LogP contribution in [-0.2, 0) is 82.5 Å². The number of hydrogen-bond donors (Lipinski definition) is 0. The topological polar surface area (TPSA) is 26.0 Å². The van der Waals surface area contributed by atoms with Crippen LogP contribution in [0, 0.1) is 6.26 Å². The first-order valence-corrected chi connectivity index (χ1v) is 4.06. The average Bonchev–Trinajstić information content (AvgIpc) is 2.34. The van der Waals surface area contributed by atoms with E-state index in [1.165, 1.54) is 25.7 Å². The third-order valence-electron chi connectivity index (χ3n) is 0.741. The summed E-state index contributed by atoms with van der Waals surface area (Å²) in [5, 5.41) is 0. The number of aromatic nitrogens is 1. The average molecular weight is 841 g/mol. The maximum atomic E-state index is 4.62. The zero-order valence-electron chi connectivity index (χ0n) is 5.80. The molecule has 0 fully saturated rings. The van der Waals surface area contributed by atoms with Gasteiger partial charge >= 0.3 is 63.7 Å². The zero-order chi connectivity index (χ0) is 6.53. The Bertz CT molecular complexity index is 209. The molecule has 0 saturated carbocycles. The van der Waals surface area contributed by atoms with Gasteiger partial charge in [0.25, 0.3) is 0 Å². The summed E-state index contributed by atoms with van der Waals surface area (Å²) in [5.74, 6) is 0. The van der Waals surface area contributed by atoms with Crippen molar-refractivity contribution < 1.29 is 87.0 Å². The Labute approximate surface area is 125 Å². The van der Waals surface area contributed by atoms with Gasteiger partial charge in [-0.3, -0.25) is 0 Å². The molecule has 1 heterocycles. The van der Waals surface area contributed by atoms with Crippen LogP contribution in [0.4, 0.5) is 0 Å². The summed E-state index contributed by atoms with van der Waals surface area (Å²) in [6.45, 7) is 0. The molecule has 1 rings (SSSR count). The standard InChI is InChI=1S/C6H4NO.4W/c1-2-3-6-4-8-5-7-6;;;;/h1-3,5H;;;;/q-1;;;;/b3-2-;;;;. The van der Waals surface area contributed by atoms with E-state index in [0.717, 1.165) is 5.69 Å². The molecule has 12 heavy (non-hydrogen) atoms. The monoisotopic (exact) mass is 842 g/mol. The molecule has 0 aromatic carbocycles. The Morgan fingerprint density at radius 1 is 1.42 bits per heavy atom. The first-order chi connectivity index (χ1) is 4.43. The summed E-state index contributed by atoms with van der Waals surface area (Å²) in [7, 11) is 0. The Morgan fingerprint density at radius 2 is 2.08 bits per heavy atom. The minimum absolute atomic E-state index is 0. The van der Waals surface area contributed by atoms with Gasteiger partial charge in [0.05, 0.1) is 0 Å². The Balaban J connectivity index is -0.000000270. The molecule has 0 aliphatic rings. The van der Waals surface area contributed by atoms with E-state index in [2.05, 4.69) is 15.7 Å². The Kier molecular flexibility index (Phi) is 20.1. The van der Waals surface area contributed by atoms with Crippen LogP contribution in [0.3, 0.4) is 0 Å². The van der Waals surface area contributed by atoms with Gasteiger partial charge in [-0.2, -0.15) is 0 Å². The van der Waals surface area contributed by atoms with Crippen LogP contribution >= 0.6 is 0 Å². The van der Waals surface area contributed by atoms with Crippen LogP contribution in [0.2, 0.25) is 0 Å². The van der Waals surface area contributed by atoms with Gasteiger partial charge in [0.1, 0.15) is 0 Å². The van der Waals surface area contributed by atoms with Crippen LogP contribution < -0.4 is 0 Å². The van der Waals surface area contributed by atoms with Crippen LogP contribution in [0.1, 0.15) is 5.69 Å². The van der Waals surface area contributed by atoms with E-state index in [0.29, 0.717) is 0 Å². The predicted octanol–water partition coefficient (Wildman–Crippen LogP) is 0.829. The molecule has 0 aliphatic carbocycles. The summed E-state index contributed by atoms with van der Waals surface area (Å²) >= 11 is 1.42. The van der Waals surface area contributed by atoms with Crippen molar-refractivity contribution in [2.75, 3.05) is 0 Å². The molecule has 0 amide bonds. The van der Waals surface area contributed by atoms with Crippen molar-refractivity contribution in [3.8, 4) is 0 Å². The maximum absolute atomic E-state index is 4.62. The van der Waals surface area contributed by atoms with Gasteiger partial charge in [-0.25, -0.2) is 0 Å². The van der Waals surface area contributed by atoms with E-state index in [4.69, 9.17) is 0 Å². The van der Waals surface area contributed by atoms with Gasteiger partial charge in [0.15, 0.2) is 0 Å². The molecule has 0 bridgehead atoms. The van der Waals surface area contributed by atoms with E-state index in [9.17, 15) is 0 Å². The summed E-state index contributed by atoms with van der Waals surface area (Å²) in [6, 6.07) is 0. The van der Waals surface area contributed by atoms with Gasteiger partial charge in [0.2, 0.25) is 0 Å². The van der Waals surface area contributed by atoms with Crippen molar-refractivity contribution in [2.45, 2.75) is 0 Å². The first kappa shape index (κ1) is 19.2. The van der Waals surface area contributed by atoms with Crippen molar-refractivity contribution in [1.29, 1.82) is 0 Å². The van der Waals surface area contributed by atoms with Crippen LogP contribution in [0.15, 0.2) is 16.9 Å². The third kappa shape index (κ3) is 8.18. The van der Waals surface area contributed by atoms with Crippen molar-refractivity contribution >= 4 is 10.5 Å². The molecule has 1 aromatic heterocycles. The van der Waals surface area contributed by atoms with E-state index < -0.39 is 0 Å². The van der Waals surface area contributed by atoms with Crippen molar-refractivity contribution in [3.63, 3.8) is 0 Å². The summed E-state index contributed by atoms with van der Waals surface area (Å²) in [5.41, 5.74) is 0.743. The van der Waals surface area contributed by atoms with Crippen LogP contribution in [-0.4, -0.2) is 9.38 Å². The molecule has 0 atom stereocenters. The van der Waals surface area contributed by atoms with Crippen LogP contribution in [0.25, 0.3) is 6.08 Å². The second-order valence-corrected chi connectivity index (χ2v) is 2.31. The molecule has 0 N–H and O–H groups in total. The molecule has 0 spiro atoms. The Hall–Kier alpha value is 1.57. The van der Waals surface area contributed by atoms with Gasteiger partial charge < -0.3 is 0 Å². The molecule has 0 radical (unpaired) electrons. The quantitative estimate of drug-likeness (QED) is 0.414. The first-order valence-electron chi connectivity index (χ1n) is 2.36. The molecule has 0 unspecified atom stereocenters. The molecular weight excluding hydrogens is 837 g/mol. The molecule has 0 saturated heterocycles. The van der Waals surface area contributed by atoms with Gasteiger partial charge in [-0.1, -0.05) is 0 Å².